The van der Waals surface area contributed by atoms with Crippen LogP contribution in [0.3, 0.4) is 0 Å². The van der Waals surface area contributed by atoms with Gasteiger partial charge in [0.2, 0.25) is 0 Å². The molecule has 2 fully saturated rings. The highest BCUT2D eigenvalue weighted by atomic mass is 16.3. The van der Waals surface area contributed by atoms with Crippen LogP contribution in [0.5, 0.6) is 0 Å². The molecule has 4 nitrogen and oxygen atoms in total. The number of hydrogen-bond donors (Lipinski definition) is 1. The summed E-state index contributed by atoms with van der Waals surface area (Å²) < 4.78 is 2.05. The van der Waals surface area contributed by atoms with Gasteiger partial charge in [-0.05, 0) is 32.4 Å². The zero-order valence-corrected chi connectivity index (χ0v) is 12.6. The number of para-hydroxylation sites is 1. The lowest BCUT2D eigenvalue weighted by molar-refractivity contribution is -0.0444. The second kappa shape index (κ2) is 4.82. The first-order chi connectivity index (χ1) is 10.2. The Hall–Kier alpha value is -1.39. The Morgan fingerprint density at radius 2 is 2.19 bits per heavy atom. The molecule has 0 aliphatic carbocycles. The molecule has 2 aliphatic rings. The van der Waals surface area contributed by atoms with Gasteiger partial charge in [0, 0.05) is 37.4 Å². The molecule has 1 aromatic heterocycles. The van der Waals surface area contributed by atoms with E-state index in [2.05, 4.69) is 40.8 Å². The van der Waals surface area contributed by atoms with E-state index in [1.807, 2.05) is 0 Å². The van der Waals surface area contributed by atoms with Gasteiger partial charge in [-0.15, -0.1) is 0 Å². The smallest absolute Gasteiger partial charge is 0.0756 e. The summed E-state index contributed by atoms with van der Waals surface area (Å²) in [5.41, 5.74) is 1.68. The topological polar surface area (TPSA) is 41.3 Å². The lowest BCUT2D eigenvalue weighted by atomic mass is 9.78. The quantitative estimate of drug-likeness (QED) is 0.938. The number of aliphatic hydroxyl groups is 1. The van der Waals surface area contributed by atoms with Crippen molar-refractivity contribution in [3.8, 4) is 0 Å². The first-order valence-corrected chi connectivity index (χ1v) is 8.09. The van der Waals surface area contributed by atoms with Crippen LogP contribution in [0.4, 0.5) is 0 Å². The number of rotatable bonds is 3. The number of nitrogens with zero attached hydrogens (tertiary/aromatic N) is 3. The zero-order chi connectivity index (χ0) is 14.4. The number of fused-ring (bicyclic) bond motifs is 3. The first kappa shape index (κ1) is 13.3. The number of aromatic nitrogens is 2. The molecule has 3 atom stereocenters. The van der Waals surface area contributed by atoms with Crippen molar-refractivity contribution in [2.24, 2.45) is 5.92 Å². The van der Waals surface area contributed by atoms with Gasteiger partial charge in [-0.1, -0.05) is 18.2 Å². The molecule has 21 heavy (non-hydrogen) atoms. The molecule has 0 saturated carbocycles. The Labute approximate surface area is 125 Å². The molecule has 3 heterocycles. The molecular formula is C17H23N3O. The molecule has 0 amide bonds. The molecule has 2 aromatic rings. The maximum atomic E-state index is 11.2. The maximum Gasteiger partial charge on any atom is 0.0756 e. The highest BCUT2D eigenvalue weighted by molar-refractivity contribution is 5.82. The highest BCUT2D eigenvalue weighted by Gasteiger charge is 2.45. The Morgan fingerprint density at radius 3 is 3.05 bits per heavy atom. The minimum Gasteiger partial charge on any atom is -0.389 e. The predicted molar refractivity (Wildman–Crippen MR) is 83.2 cm³/mol. The summed E-state index contributed by atoms with van der Waals surface area (Å²) in [6, 6.07) is 8.38. The first-order valence-electron chi connectivity index (χ1n) is 8.09. The highest BCUT2D eigenvalue weighted by Crippen LogP contribution is 2.38. The van der Waals surface area contributed by atoms with Crippen molar-refractivity contribution < 1.29 is 5.11 Å². The molecule has 0 spiro atoms. The Kier molecular flexibility index (Phi) is 3.05. The molecule has 3 unspecified atom stereocenters. The monoisotopic (exact) mass is 285 g/mol. The molecule has 4 rings (SSSR count). The summed E-state index contributed by atoms with van der Waals surface area (Å²) in [4.78, 5) is 2.47. The molecule has 2 aliphatic heterocycles. The Morgan fingerprint density at radius 1 is 1.33 bits per heavy atom. The minimum absolute atomic E-state index is 0.414. The zero-order valence-electron chi connectivity index (χ0n) is 12.6. The van der Waals surface area contributed by atoms with E-state index >= 15 is 0 Å². The van der Waals surface area contributed by atoms with Crippen molar-refractivity contribution in [3.63, 3.8) is 0 Å². The lowest BCUT2D eigenvalue weighted by Gasteiger charge is -2.38. The molecule has 0 radical (unpaired) electrons. The summed E-state index contributed by atoms with van der Waals surface area (Å²) >= 11 is 0. The van der Waals surface area contributed by atoms with Gasteiger partial charge in [0.1, 0.15) is 0 Å². The van der Waals surface area contributed by atoms with E-state index in [9.17, 15) is 5.11 Å². The van der Waals surface area contributed by atoms with Crippen LogP contribution in [-0.2, 0) is 13.0 Å². The van der Waals surface area contributed by atoms with Crippen LogP contribution >= 0.6 is 0 Å². The second-order valence-corrected chi connectivity index (χ2v) is 6.60. The minimum atomic E-state index is -0.567. The van der Waals surface area contributed by atoms with E-state index in [0.717, 1.165) is 44.7 Å². The van der Waals surface area contributed by atoms with E-state index in [0.29, 0.717) is 12.3 Å². The average molecular weight is 285 g/mol. The van der Waals surface area contributed by atoms with E-state index < -0.39 is 5.60 Å². The van der Waals surface area contributed by atoms with Crippen molar-refractivity contribution in [3.05, 3.63) is 30.0 Å². The fraction of sp³-hybridized carbons (Fsp3) is 0.588. The number of hydrogen-bond acceptors (Lipinski definition) is 3. The molecule has 2 bridgehead atoms. The third-order valence-corrected chi connectivity index (χ3v) is 5.40. The summed E-state index contributed by atoms with van der Waals surface area (Å²) in [5, 5.41) is 17.2. The maximum absolute atomic E-state index is 11.2. The van der Waals surface area contributed by atoms with Crippen molar-refractivity contribution in [2.45, 2.75) is 38.3 Å². The van der Waals surface area contributed by atoms with Crippen LogP contribution in [0.25, 0.3) is 10.9 Å². The number of benzene rings is 1. The SMILES string of the molecule is CCn1nc(CC2(O)CCN3CCC2C3)c2ccccc21. The van der Waals surface area contributed by atoms with Gasteiger partial charge in [-0.3, -0.25) is 4.68 Å². The Balaban J connectivity index is 1.71. The van der Waals surface area contributed by atoms with Crippen molar-refractivity contribution >= 4 is 10.9 Å². The summed E-state index contributed by atoms with van der Waals surface area (Å²) in [5.74, 6) is 0.414. The van der Waals surface area contributed by atoms with Crippen LogP contribution in [0.2, 0.25) is 0 Å². The molecule has 2 saturated heterocycles. The van der Waals surface area contributed by atoms with Crippen LogP contribution in [0.1, 0.15) is 25.5 Å². The van der Waals surface area contributed by atoms with Crippen LogP contribution in [0.15, 0.2) is 24.3 Å². The molecular weight excluding hydrogens is 262 g/mol. The van der Waals surface area contributed by atoms with Crippen LogP contribution in [0, 0.1) is 5.92 Å². The predicted octanol–water partition coefficient (Wildman–Crippen LogP) is 2.06. The van der Waals surface area contributed by atoms with E-state index in [1.54, 1.807) is 0 Å². The number of piperidine rings is 1. The van der Waals surface area contributed by atoms with Crippen molar-refractivity contribution in [1.29, 1.82) is 0 Å². The van der Waals surface area contributed by atoms with Gasteiger partial charge in [-0.25, -0.2) is 0 Å². The van der Waals surface area contributed by atoms with Gasteiger partial charge in [0.05, 0.1) is 16.8 Å². The summed E-state index contributed by atoms with van der Waals surface area (Å²) in [7, 11) is 0. The fourth-order valence-electron chi connectivity index (χ4n) is 4.12. The van der Waals surface area contributed by atoms with E-state index in [4.69, 9.17) is 5.10 Å². The fourth-order valence-corrected chi connectivity index (χ4v) is 4.12. The summed E-state index contributed by atoms with van der Waals surface area (Å²) in [6.45, 7) is 6.23. The van der Waals surface area contributed by atoms with Gasteiger partial charge >= 0.3 is 0 Å². The second-order valence-electron chi connectivity index (χ2n) is 6.60. The van der Waals surface area contributed by atoms with E-state index in [-0.39, 0.29) is 0 Å². The van der Waals surface area contributed by atoms with Gasteiger partial charge in [-0.2, -0.15) is 5.10 Å². The third-order valence-electron chi connectivity index (χ3n) is 5.40. The van der Waals surface area contributed by atoms with Crippen LogP contribution < -0.4 is 0 Å². The van der Waals surface area contributed by atoms with Gasteiger partial charge < -0.3 is 10.0 Å². The molecule has 4 heteroatoms. The normalized spacial score (nSPS) is 31.9. The van der Waals surface area contributed by atoms with Crippen LogP contribution in [-0.4, -0.2) is 45.0 Å². The lowest BCUT2D eigenvalue weighted by Crippen LogP contribution is -2.48. The van der Waals surface area contributed by atoms with E-state index in [1.165, 1.54) is 10.9 Å². The average Bonchev–Trinajstić information content (AvgIpc) is 3.07. The largest absolute Gasteiger partial charge is 0.389 e. The summed E-state index contributed by atoms with van der Waals surface area (Å²) in [6.07, 6.45) is 2.70. The van der Waals surface area contributed by atoms with Crippen molar-refractivity contribution in [2.75, 3.05) is 19.6 Å². The number of aryl methyl sites for hydroxylation is 1. The Bertz CT molecular complexity index is 665. The molecule has 1 aromatic carbocycles. The standard InChI is InChI=1S/C17H23N3O/c1-2-20-16-6-4-3-5-14(16)15(18-20)11-17(21)8-10-19-9-7-13(17)12-19/h3-6,13,21H,2,7-12H2,1H3. The molecule has 1 N–H and O–H groups in total. The molecule has 112 valence electrons. The van der Waals surface area contributed by atoms with Gasteiger partial charge in [0.15, 0.2) is 0 Å². The third kappa shape index (κ3) is 2.09. The van der Waals surface area contributed by atoms with Crippen molar-refractivity contribution in [1.82, 2.24) is 14.7 Å². The van der Waals surface area contributed by atoms with Gasteiger partial charge in [0.25, 0.3) is 0 Å².